The maximum atomic E-state index is 12.9. The first-order valence-electron chi connectivity index (χ1n) is 6.34. The highest BCUT2D eigenvalue weighted by Crippen LogP contribution is 2.35. The third kappa shape index (κ3) is 2.81. The fourth-order valence-corrected chi connectivity index (χ4v) is 3.77. The quantitative estimate of drug-likeness (QED) is 0.805. The molecule has 2 rings (SSSR count). The van der Waals surface area contributed by atoms with Crippen LogP contribution in [0.3, 0.4) is 0 Å². The monoisotopic (exact) mass is 269 g/mol. The third-order valence-electron chi connectivity index (χ3n) is 3.20. The summed E-state index contributed by atoms with van der Waals surface area (Å²) >= 11 is 0. The molecule has 100 valence electrons. The van der Waals surface area contributed by atoms with Crippen LogP contribution in [0.2, 0.25) is 0 Å². The smallest absolute Gasteiger partial charge is 0.123 e. The molecule has 1 unspecified atom stereocenters. The summed E-state index contributed by atoms with van der Waals surface area (Å²) < 4.78 is 27.2. The molecule has 0 saturated carbocycles. The zero-order valence-corrected chi connectivity index (χ0v) is 12.0. The maximum Gasteiger partial charge on any atom is 0.123 e. The van der Waals surface area contributed by atoms with E-state index in [0.717, 1.165) is 24.9 Å². The highest BCUT2D eigenvalue weighted by Gasteiger charge is 2.35. The fraction of sp³-hybridized carbons (Fsp3) is 0.571. The van der Waals surface area contributed by atoms with Crippen LogP contribution in [-0.2, 0) is 11.0 Å². The Hall–Kier alpha value is -0.740. The van der Waals surface area contributed by atoms with E-state index in [0.29, 0.717) is 0 Å². The van der Waals surface area contributed by atoms with E-state index in [4.69, 9.17) is 0 Å². The normalized spacial score (nSPS) is 23.2. The van der Waals surface area contributed by atoms with Gasteiger partial charge in [-0.25, -0.2) is 12.9 Å². The Labute approximate surface area is 111 Å². The Morgan fingerprint density at radius 2 is 1.89 bits per heavy atom. The predicted molar refractivity (Wildman–Crippen MR) is 73.0 cm³/mol. The predicted octanol–water partition coefficient (Wildman–Crippen LogP) is 3.42. The molecule has 2 atom stereocenters. The minimum Gasteiger partial charge on any atom is -0.242 e. The molecule has 1 aromatic carbocycles. The van der Waals surface area contributed by atoms with Gasteiger partial charge in [-0.05, 0) is 51.3 Å². The molecule has 1 aromatic rings. The van der Waals surface area contributed by atoms with Gasteiger partial charge >= 0.3 is 0 Å². The minimum absolute atomic E-state index is 0.158. The molecule has 2 nitrogen and oxygen atoms in total. The van der Waals surface area contributed by atoms with Gasteiger partial charge in [-0.1, -0.05) is 12.1 Å². The van der Waals surface area contributed by atoms with E-state index in [1.54, 1.807) is 12.1 Å². The van der Waals surface area contributed by atoms with E-state index < -0.39 is 11.0 Å². The number of halogens is 1. The molecule has 0 N–H and O–H groups in total. The molecule has 0 bridgehead atoms. The molecule has 0 aromatic heterocycles. The lowest BCUT2D eigenvalue weighted by Gasteiger charge is -2.30. The molecule has 1 heterocycles. The van der Waals surface area contributed by atoms with Crippen LogP contribution in [-0.4, -0.2) is 19.8 Å². The van der Waals surface area contributed by atoms with Crippen LogP contribution in [0.25, 0.3) is 0 Å². The standard InChI is InChI=1S/C14H20FNOS/c1-14(2,3)18(17)16-10-4-5-13(16)11-6-8-12(15)9-7-11/h6-9,13H,4-5,10H2,1-3H3/t13?,18-/m1/s1. The van der Waals surface area contributed by atoms with Crippen molar-refractivity contribution in [3.05, 3.63) is 35.6 Å². The van der Waals surface area contributed by atoms with E-state index in [2.05, 4.69) is 0 Å². The zero-order chi connectivity index (χ0) is 13.3. The van der Waals surface area contributed by atoms with Crippen LogP contribution >= 0.6 is 0 Å². The van der Waals surface area contributed by atoms with Gasteiger partial charge in [-0.3, -0.25) is 0 Å². The summed E-state index contributed by atoms with van der Waals surface area (Å²) in [6, 6.07) is 6.72. The van der Waals surface area contributed by atoms with Crippen molar-refractivity contribution in [2.75, 3.05) is 6.54 Å². The van der Waals surface area contributed by atoms with Crippen molar-refractivity contribution in [1.29, 1.82) is 0 Å². The summed E-state index contributed by atoms with van der Waals surface area (Å²) in [4.78, 5) is 0. The molecule has 0 amide bonds. The van der Waals surface area contributed by atoms with Gasteiger partial charge in [0.2, 0.25) is 0 Å². The molecule has 1 aliphatic heterocycles. The lowest BCUT2D eigenvalue weighted by atomic mass is 10.1. The second kappa shape index (κ2) is 5.10. The third-order valence-corrected chi connectivity index (χ3v) is 5.11. The van der Waals surface area contributed by atoms with Gasteiger partial charge in [0, 0.05) is 12.6 Å². The number of benzene rings is 1. The first kappa shape index (κ1) is 13.7. The molecule has 18 heavy (non-hydrogen) atoms. The van der Waals surface area contributed by atoms with Crippen molar-refractivity contribution in [1.82, 2.24) is 4.31 Å². The van der Waals surface area contributed by atoms with Crippen molar-refractivity contribution in [2.24, 2.45) is 0 Å². The van der Waals surface area contributed by atoms with Crippen LogP contribution < -0.4 is 0 Å². The first-order chi connectivity index (χ1) is 8.39. The molecule has 1 fully saturated rings. The molecule has 1 aliphatic rings. The van der Waals surface area contributed by atoms with Crippen LogP contribution in [0.15, 0.2) is 24.3 Å². The summed E-state index contributed by atoms with van der Waals surface area (Å²) in [5, 5.41) is 0. The van der Waals surface area contributed by atoms with E-state index in [1.807, 2.05) is 25.1 Å². The van der Waals surface area contributed by atoms with Crippen LogP contribution in [0, 0.1) is 5.82 Å². The molecular weight excluding hydrogens is 249 g/mol. The van der Waals surface area contributed by atoms with Crippen LogP contribution in [0.4, 0.5) is 4.39 Å². The van der Waals surface area contributed by atoms with Crippen LogP contribution in [0.1, 0.15) is 45.2 Å². The Morgan fingerprint density at radius 1 is 1.28 bits per heavy atom. The minimum atomic E-state index is -1.01. The maximum absolute atomic E-state index is 12.9. The van der Waals surface area contributed by atoms with Crippen LogP contribution in [0.5, 0.6) is 0 Å². The molecule has 4 heteroatoms. The van der Waals surface area contributed by atoms with Crippen molar-refractivity contribution < 1.29 is 8.60 Å². The van der Waals surface area contributed by atoms with E-state index in [-0.39, 0.29) is 16.6 Å². The van der Waals surface area contributed by atoms with Crippen molar-refractivity contribution in [2.45, 2.75) is 44.4 Å². The summed E-state index contributed by atoms with van der Waals surface area (Å²) in [6.07, 6.45) is 2.04. The van der Waals surface area contributed by atoms with Gasteiger partial charge in [0.15, 0.2) is 0 Å². The first-order valence-corrected chi connectivity index (χ1v) is 7.44. The Kier molecular flexibility index (Phi) is 3.87. The molecular formula is C14H20FNOS. The summed E-state index contributed by atoms with van der Waals surface area (Å²) in [5.74, 6) is -0.222. The molecule has 0 spiro atoms. The van der Waals surface area contributed by atoms with Crippen molar-refractivity contribution in [3.8, 4) is 0 Å². The Bertz CT molecular complexity index is 438. The lowest BCUT2D eigenvalue weighted by Crippen LogP contribution is -2.37. The van der Waals surface area contributed by atoms with E-state index in [1.165, 1.54) is 12.1 Å². The fourth-order valence-electron chi connectivity index (χ4n) is 2.31. The van der Waals surface area contributed by atoms with Gasteiger partial charge in [0.1, 0.15) is 16.8 Å². The van der Waals surface area contributed by atoms with Gasteiger partial charge < -0.3 is 0 Å². The van der Waals surface area contributed by atoms with Gasteiger partial charge in [-0.2, -0.15) is 0 Å². The number of hydrogen-bond acceptors (Lipinski definition) is 1. The summed E-state index contributed by atoms with van der Waals surface area (Å²) in [5.41, 5.74) is 1.06. The lowest BCUT2D eigenvalue weighted by molar-refractivity contribution is 0.415. The topological polar surface area (TPSA) is 20.3 Å². The highest BCUT2D eigenvalue weighted by atomic mass is 32.2. The second-order valence-corrected chi connectivity index (χ2v) is 7.90. The van der Waals surface area contributed by atoms with Gasteiger partial charge in [-0.15, -0.1) is 0 Å². The molecule has 0 radical (unpaired) electrons. The Balaban J connectivity index is 2.22. The van der Waals surface area contributed by atoms with E-state index in [9.17, 15) is 8.60 Å². The summed E-state index contributed by atoms with van der Waals surface area (Å²) in [6.45, 7) is 6.82. The van der Waals surface area contributed by atoms with E-state index >= 15 is 0 Å². The van der Waals surface area contributed by atoms with Gasteiger partial charge in [0.25, 0.3) is 0 Å². The van der Waals surface area contributed by atoms with Crippen molar-refractivity contribution >= 4 is 11.0 Å². The largest absolute Gasteiger partial charge is 0.242 e. The average molecular weight is 269 g/mol. The SMILES string of the molecule is CC(C)(C)[S@@](=O)N1CCCC1c1ccc(F)cc1. The molecule has 1 saturated heterocycles. The number of rotatable bonds is 2. The van der Waals surface area contributed by atoms with Gasteiger partial charge in [0.05, 0.1) is 4.75 Å². The zero-order valence-electron chi connectivity index (χ0n) is 11.1. The average Bonchev–Trinajstić information content (AvgIpc) is 2.76. The number of hydrogen-bond donors (Lipinski definition) is 0. The highest BCUT2D eigenvalue weighted by molar-refractivity contribution is 7.84. The second-order valence-electron chi connectivity index (χ2n) is 5.71. The number of nitrogens with zero attached hydrogens (tertiary/aromatic N) is 1. The molecule has 0 aliphatic carbocycles. The summed E-state index contributed by atoms with van der Waals surface area (Å²) in [7, 11) is -1.01. The van der Waals surface area contributed by atoms with Crippen molar-refractivity contribution in [3.63, 3.8) is 0 Å². The Morgan fingerprint density at radius 3 is 2.44 bits per heavy atom.